The zero-order valence-corrected chi connectivity index (χ0v) is 12.9. The maximum Gasteiger partial charge on any atom is 0.282 e. The van der Waals surface area contributed by atoms with Gasteiger partial charge in [0.1, 0.15) is 21.0 Å². The molecule has 7 heteroatoms. The van der Waals surface area contributed by atoms with Crippen LogP contribution in [0.25, 0.3) is 10.3 Å². The molecule has 5 rings (SSSR count). The number of thiazole rings is 1. The summed E-state index contributed by atoms with van der Waals surface area (Å²) in [7, 11) is 0. The Morgan fingerprint density at radius 1 is 1.41 bits per heavy atom. The Morgan fingerprint density at radius 2 is 2.36 bits per heavy atom. The van der Waals surface area contributed by atoms with Crippen molar-refractivity contribution in [2.24, 2.45) is 16.6 Å². The molecule has 2 aromatic rings. The van der Waals surface area contributed by atoms with Crippen LogP contribution in [0.4, 0.5) is 0 Å². The predicted molar refractivity (Wildman–Crippen MR) is 84.8 cm³/mol. The average Bonchev–Trinajstić information content (AvgIpc) is 3.18. The van der Waals surface area contributed by atoms with Crippen LogP contribution < -0.4 is 5.73 Å². The van der Waals surface area contributed by atoms with Gasteiger partial charge < -0.3 is 10.5 Å². The van der Waals surface area contributed by atoms with Crippen molar-refractivity contribution in [2.75, 3.05) is 19.6 Å². The second-order valence-corrected chi connectivity index (χ2v) is 7.43. The number of aromatic nitrogens is 2. The van der Waals surface area contributed by atoms with Crippen LogP contribution in [0.3, 0.4) is 0 Å². The highest BCUT2D eigenvalue weighted by Gasteiger charge is 2.55. The second kappa shape index (κ2) is 4.39. The second-order valence-electron chi connectivity index (χ2n) is 6.42. The summed E-state index contributed by atoms with van der Waals surface area (Å²) < 4.78 is 5.92. The van der Waals surface area contributed by atoms with Gasteiger partial charge in [-0.1, -0.05) is 11.3 Å². The lowest BCUT2D eigenvalue weighted by Crippen LogP contribution is -2.42. The number of nitrogens with zero attached hydrogens (tertiary/aromatic N) is 4. The van der Waals surface area contributed by atoms with Crippen molar-refractivity contribution >= 4 is 27.7 Å². The monoisotopic (exact) mass is 315 g/mol. The number of fused-ring (bicyclic) bond motifs is 4. The summed E-state index contributed by atoms with van der Waals surface area (Å²) in [5.41, 5.74) is 6.58. The molecule has 3 aliphatic rings. The molecule has 0 aromatic carbocycles. The summed E-state index contributed by atoms with van der Waals surface area (Å²) in [6.07, 6.45) is 4.10. The Hall–Kier alpha value is -1.73. The number of piperidine rings is 1. The van der Waals surface area contributed by atoms with Crippen LogP contribution in [0.1, 0.15) is 23.9 Å². The van der Waals surface area contributed by atoms with Gasteiger partial charge in [0.15, 0.2) is 0 Å². The fourth-order valence-corrected chi connectivity index (χ4v) is 5.19. The van der Waals surface area contributed by atoms with Crippen molar-refractivity contribution in [3.05, 3.63) is 23.3 Å². The smallest absolute Gasteiger partial charge is 0.282 e. The van der Waals surface area contributed by atoms with Crippen LogP contribution in [0.2, 0.25) is 0 Å². The summed E-state index contributed by atoms with van der Waals surface area (Å²) in [5, 5.41) is 1.18. The van der Waals surface area contributed by atoms with Crippen LogP contribution in [0.15, 0.2) is 23.3 Å². The first-order chi connectivity index (χ1) is 10.7. The Bertz CT molecular complexity index is 741. The molecule has 0 aliphatic carbocycles. The quantitative estimate of drug-likeness (QED) is 0.864. The zero-order chi connectivity index (χ0) is 14.7. The molecule has 22 heavy (non-hydrogen) atoms. The molecule has 4 unspecified atom stereocenters. The largest absolute Gasteiger partial charge is 0.455 e. The van der Waals surface area contributed by atoms with E-state index >= 15 is 0 Å². The summed E-state index contributed by atoms with van der Waals surface area (Å²) >= 11 is 1.71. The van der Waals surface area contributed by atoms with Gasteiger partial charge in [0.2, 0.25) is 0 Å². The van der Waals surface area contributed by atoms with Gasteiger partial charge in [-0.2, -0.15) is 0 Å². The summed E-state index contributed by atoms with van der Waals surface area (Å²) in [6.45, 7) is 2.65. The predicted octanol–water partition coefficient (Wildman–Crippen LogP) is 1.54. The van der Waals surface area contributed by atoms with Gasteiger partial charge in [-0.25, -0.2) is 15.0 Å². The Balaban J connectivity index is 1.46. The normalized spacial score (nSPS) is 36.7. The van der Waals surface area contributed by atoms with E-state index in [1.807, 2.05) is 18.3 Å². The molecule has 1 spiro atoms. The highest BCUT2D eigenvalue weighted by atomic mass is 32.1. The first-order valence-corrected chi connectivity index (χ1v) is 8.50. The third-order valence-corrected chi connectivity index (χ3v) is 6.26. The topological polar surface area (TPSA) is 76.6 Å². The highest BCUT2D eigenvalue weighted by molar-refractivity contribution is 7.18. The SMILES string of the molecule is NC1=NCC2(CN3CC2CCC3c2nc3cccnc3s2)O1. The van der Waals surface area contributed by atoms with Gasteiger partial charge >= 0.3 is 0 Å². The molecule has 0 saturated carbocycles. The van der Waals surface area contributed by atoms with E-state index in [9.17, 15) is 0 Å². The lowest BCUT2D eigenvalue weighted by molar-refractivity contribution is 0.0574. The lowest BCUT2D eigenvalue weighted by Gasteiger charge is -2.30. The van der Waals surface area contributed by atoms with E-state index in [0.717, 1.165) is 36.3 Å². The van der Waals surface area contributed by atoms with E-state index in [4.69, 9.17) is 15.5 Å². The molecule has 0 amide bonds. The van der Waals surface area contributed by atoms with Gasteiger partial charge in [-0.3, -0.25) is 4.90 Å². The molecule has 3 aliphatic heterocycles. The van der Waals surface area contributed by atoms with Crippen molar-refractivity contribution in [1.82, 2.24) is 14.9 Å². The van der Waals surface area contributed by atoms with E-state index in [1.54, 1.807) is 11.3 Å². The molecule has 2 bridgehead atoms. The minimum absolute atomic E-state index is 0.187. The molecule has 5 heterocycles. The van der Waals surface area contributed by atoms with Crippen LogP contribution in [-0.4, -0.2) is 46.1 Å². The number of pyridine rings is 1. The van der Waals surface area contributed by atoms with Gasteiger partial charge in [-0.05, 0) is 25.0 Å². The van der Waals surface area contributed by atoms with E-state index in [0.29, 0.717) is 24.5 Å². The highest BCUT2D eigenvalue weighted by Crippen LogP contribution is 2.47. The molecule has 2 fully saturated rings. The van der Waals surface area contributed by atoms with Crippen LogP contribution >= 0.6 is 11.3 Å². The van der Waals surface area contributed by atoms with Crippen LogP contribution in [0, 0.1) is 5.92 Å². The summed E-state index contributed by atoms with van der Waals surface area (Å²) in [5.74, 6) is 0.529. The number of amidine groups is 1. The van der Waals surface area contributed by atoms with Crippen LogP contribution in [-0.2, 0) is 4.74 Å². The maximum absolute atomic E-state index is 5.92. The first-order valence-electron chi connectivity index (χ1n) is 7.68. The van der Waals surface area contributed by atoms with E-state index < -0.39 is 0 Å². The lowest BCUT2D eigenvalue weighted by atomic mass is 9.86. The standard InChI is InChI=1S/C15H17N5OS/c16-14-18-7-15(21-14)8-20-6-9(15)3-4-11(20)13-19-10-2-1-5-17-12(10)22-13/h1-2,5,9,11H,3-4,6-8H2,(H2,16,18). The fourth-order valence-electron chi connectivity index (χ4n) is 4.11. The average molecular weight is 315 g/mol. The summed E-state index contributed by atoms with van der Waals surface area (Å²) in [4.78, 5) is 17.0. The van der Waals surface area contributed by atoms with E-state index in [1.165, 1.54) is 5.01 Å². The molecular formula is C15H17N5OS. The van der Waals surface area contributed by atoms with E-state index in [2.05, 4.69) is 14.9 Å². The number of nitrogens with two attached hydrogens (primary N) is 1. The van der Waals surface area contributed by atoms with E-state index in [-0.39, 0.29) is 5.60 Å². The molecule has 2 saturated heterocycles. The number of hydrogen-bond donors (Lipinski definition) is 1. The zero-order valence-electron chi connectivity index (χ0n) is 12.1. The Labute approximate surface area is 132 Å². The fraction of sp³-hybridized carbons (Fsp3) is 0.533. The third kappa shape index (κ3) is 1.72. The molecule has 2 aromatic heterocycles. The Kier molecular flexibility index (Phi) is 2.55. The summed E-state index contributed by atoms with van der Waals surface area (Å²) in [6, 6.07) is 4.71. The minimum Gasteiger partial charge on any atom is -0.455 e. The van der Waals surface area contributed by atoms with Crippen molar-refractivity contribution in [3.63, 3.8) is 0 Å². The number of hydrogen-bond acceptors (Lipinski definition) is 7. The van der Waals surface area contributed by atoms with Crippen molar-refractivity contribution < 1.29 is 4.74 Å². The van der Waals surface area contributed by atoms with Crippen molar-refractivity contribution in [3.8, 4) is 0 Å². The maximum atomic E-state index is 5.92. The first kappa shape index (κ1) is 12.8. The number of ether oxygens (including phenoxy) is 1. The molecular weight excluding hydrogens is 298 g/mol. The third-order valence-electron chi connectivity index (χ3n) is 5.18. The van der Waals surface area contributed by atoms with Gasteiger partial charge in [0.25, 0.3) is 6.02 Å². The van der Waals surface area contributed by atoms with Gasteiger partial charge in [0, 0.05) is 25.2 Å². The Morgan fingerprint density at radius 3 is 3.18 bits per heavy atom. The number of aliphatic imine (C=N–C) groups is 1. The van der Waals surface area contributed by atoms with Crippen molar-refractivity contribution in [1.29, 1.82) is 0 Å². The van der Waals surface area contributed by atoms with Gasteiger partial charge in [0.05, 0.1) is 12.6 Å². The molecule has 2 N–H and O–H groups in total. The van der Waals surface area contributed by atoms with Crippen molar-refractivity contribution in [2.45, 2.75) is 24.5 Å². The van der Waals surface area contributed by atoms with Crippen LogP contribution in [0.5, 0.6) is 0 Å². The molecule has 6 nitrogen and oxygen atoms in total. The molecule has 4 atom stereocenters. The van der Waals surface area contributed by atoms with Gasteiger partial charge in [-0.15, -0.1) is 0 Å². The molecule has 114 valence electrons. The number of rotatable bonds is 1. The minimum atomic E-state index is -0.187. The molecule has 0 radical (unpaired) electrons.